The lowest BCUT2D eigenvalue weighted by atomic mass is 9.86. The number of hydrogen-bond acceptors (Lipinski definition) is 1. The van der Waals surface area contributed by atoms with Gasteiger partial charge in [-0.05, 0) is 67.6 Å². The van der Waals surface area contributed by atoms with Crippen molar-refractivity contribution in [2.24, 2.45) is 5.92 Å². The average Bonchev–Trinajstić information content (AvgIpc) is 2.87. The van der Waals surface area contributed by atoms with Crippen LogP contribution in [0, 0.1) is 5.92 Å². The molecule has 2 atom stereocenters. The van der Waals surface area contributed by atoms with Gasteiger partial charge in [0.2, 0.25) is 0 Å². The van der Waals surface area contributed by atoms with Crippen LogP contribution in [0.5, 0.6) is 0 Å². The molecule has 2 aliphatic carbocycles. The molecule has 2 aliphatic rings. The van der Waals surface area contributed by atoms with Gasteiger partial charge in [-0.25, -0.2) is 0 Å². The Labute approximate surface area is 110 Å². The van der Waals surface area contributed by atoms with E-state index in [9.17, 15) is 5.11 Å². The number of aryl methyl sites for hydroxylation is 2. The molecule has 1 nitrogen and oxygen atoms in total. The van der Waals surface area contributed by atoms with Gasteiger partial charge < -0.3 is 5.11 Å². The van der Waals surface area contributed by atoms with Gasteiger partial charge in [0.1, 0.15) is 0 Å². The quantitative estimate of drug-likeness (QED) is 0.805. The van der Waals surface area contributed by atoms with E-state index in [0.717, 1.165) is 25.7 Å². The maximum Gasteiger partial charge on any atom is 0.0611 e. The smallest absolute Gasteiger partial charge is 0.0611 e. The predicted molar refractivity (Wildman–Crippen MR) is 74.7 cm³/mol. The fraction of sp³-hybridized carbons (Fsp3) is 0.529. The van der Waals surface area contributed by atoms with Crippen molar-refractivity contribution in [3.05, 3.63) is 47.0 Å². The normalized spacial score (nSPS) is 23.9. The van der Waals surface area contributed by atoms with E-state index in [2.05, 4.69) is 30.4 Å². The molecule has 3 rings (SSSR count). The molecule has 0 saturated carbocycles. The van der Waals surface area contributed by atoms with E-state index in [4.69, 9.17) is 0 Å². The zero-order chi connectivity index (χ0) is 12.4. The topological polar surface area (TPSA) is 20.2 Å². The molecule has 0 radical (unpaired) electrons. The van der Waals surface area contributed by atoms with Crippen LogP contribution >= 0.6 is 0 Å². The van der Waals surface area contributed by atoms with E-state index in [1.807, 2.05) is 0 Å². The third-order valence-electron chi connectivity index (χ3n) is 4.46. The fourth-order valence-corrected chi connectivity index (χ4v) is 3.33. The van der Waals surface area contributed by atoms with Crippen LogP contribution in [-0.2, 0) is 19.3 Å². The average molecular weight is 242 g/mol. The molecule has 0 aliphatic heterocycles. The number of fused-ring (bicyclic) bond motifs is 1. The summed E-state index contributed by atoms with van der Waals surface area (Å²) in [4.78, 5) is 0. The first-order valence-electron chi connectivity index (χ1n) is 7.26. The molecule has 96 valence electrons. The Morgan fingerprint density at radius 3 is 2.89 bits per heavy atom. The summed E-state index contributed by atoms with van der Waals surface area (Å²) in [5.41, 5.74) is 4.36. The molecule has 0 heterocycles. The molecule has 0 amide bonds. The van der Waals surface area contributed by atoms with Crippen molar-refractivity contribution >= 4 is 0 Å². The summed E-state index contributed by atoms with van der Waals surface area (Å²) in [5.74, 6) is 0.461. The summed E-state index contributed by atoms with van der Waals surface area (Å²) >= 11 is 0. The van der Waals surface area contributed by atoms with Crippen molar-refractivity contribution in [3.8, 4) is 0 Å². The SMILES string of the molecule is OC(Cc1ccc2c(c1)CCC2)C1CC=CCC1. The monoisotopic (exact) mass is 242 g/mol. The highest BCUT2D eigenvalue weighted by Gasteiger charge is 2.20. The maximum atomic E-state index is 10.3. The number of benzene rings is 1. The molecule has 18 heavy (non-hydrogen) atoms. The Morgan fingerprint density at radius 2 is 2.06 bits per heavy atom. The zero-order valence-electron chi connectivity index (χ0n) is 10.9. The second-order valence-corrected chi connectivity index (χ2v) is 5.77. The summed E-state index contributed by atoms with van der Waals surface area (Å²) in [6.45, 7) is 0. The molecule has 1 aromatic rings. The summed E-state index contributed by atoms with van der Waals surface area (Å²) in [5, 5.41) is 10.3. The number of hydrogen-bond donors (Lipinski definition) is 1. The second-order valence-electron chi connectivity index (χ2n) is 5.77. The van der Waals surface area contributed by atoms with Crippen molar-refractivity contribution < 1.29 is 5.11 Å². The lowest BCUT2D eigenvalue weighted by Crippen LogP contribution is -2.23. The number of aliphatic hydroxyl groups is 1. The van der Waals surface area contributed by atoms with E-state index < -0.39 is 0 Å². The van der Waals surface area contributed by atoms with Crippen LogP contribution in [0.25, 0.3) is 0 Å². The van der Waals surface area contributed by atoms with Gasteiger partial charge in [0.05, 0.1) is 6.10 Å². The molecular weight excluding hydrogens is 220 g/mol. The van der Waals surface area contributed by atoms with Crippen molar-refractivity contribution in [1.29, 1.82) is 0 Å². The molecule has 1 N–H and O–H groups in total. The maximum absolute atomic E-state index is 10.3. The molecule has 1 heteroatoms. The molecule has 0 saturated heterocycles. The molecule has 0 bridgehead atoms. The summed E-state index contributed by atoms with van der Waals surface area (Å²) < 4.78 is 0. The lowest BCUT2D eigenvalue weighted by Gasteiger charge is -2.24. The molecule has 1 aromatic carbocycles. The fourth-order valence-electron chi connectivity index (χ4n) is 3.33. The van der Waals surface area contributed by atoms with Crippen LogP contribution in [0.3, 0.4) is 0 Å². The minimum atomic E-state index is -0.172. The summed E-state index contributed by atoms with van der Waals surface area (Å²) in [7, 11) is 0. The summed E-state index contributed by atoms with van der Waals surface area (Å²) in [6, 6.07) is 6.81. The lowest BCUT2D eigenvalue weighted by molar-refractivity contribution is 0.102. The van der Waals surface area contributed by atoms with Crippen LogP contribution in [0.15, 0.2) is 30.4 Å². The Kier molecular flexibility index (Phi) is 3.51. The van der Waals surface area contributed by atoms with Crippen LogP contribution in [0.4, 0.5) is 0 Å². The standard InChI is InChI=1S/C17H22O/c18-17(15-5-2-1-3-6-15)12-13-9-10-14-7-4-8-16(14)11-13/h1-2,9-11,15,17-18H,3-8,12H2. The first-order chi connectivity index (χ1) is 8.83. The second kappa shape index (κ2) is 5.27. The molecule has 0 fully saturated rings. The van der Waals surface area contributed by atoms with Crippen LogP contribution in [0.2, 0.25) is 0 Å². The number of allylic oxidation sites excluding steroid dienone is 2. The number of rotatable bonds is 3. The van der Waals surface area contributed by atoms with Gasteiger partial charge >= 0.3 is 0 Å². The van der Waals surface area contributed by atoms with E-state index in [1.165, 1.54) is 36.0 Å². The zero-order valence-corrected chi connectivity index (χ0v) is 10.9. The summed E-state index contributed by atoms with van der Waals surface area (Å²) in [6.07, 6.45) is 12.2. The Bertz CT molecular complexity index is 447. The molecule has 0 spiro atoms. The van der Waals surface area contributed by atoms with Crippen molar-refractivity contribution in [2.75, 3.05) is 0 Å². The molecular formula is C17H22O. The third kappa shape index (κ3) is 2.51. The van der Waals surface area contributed by atoms with Crippen LogP contribution in [-0.4, -0.2) is 11.2 Å². The Hall–Kier alpha value is -1.08. The minimum absolute atomic E-state index is 0.172. The van der Waals surface area contributed by atoms with Gasteiger partial charge in [0, 0.05) is 0 Å². The van der Waals surface area contributed by atoms with Gasteiger partial charge in [-0.15, -0.1) is 0 Å². The number of aliphatic hydroxyl groups excluding tert-OH is 1. The first kappa shape index (κ1) is 12.0. The van der Waals surface area contributed by atoms with Crippen molar-refractivity contribution in [3.63, 3.8) is 0 Å². The van der Waals surface area contributed by atoms with E-state index in [1.54, 1.807) is 0 Å². The Morgan fingerprint density at radius 1 is 1.17 bits per heavy atom. The van der Waals surface area contributed by atoms with Gasteiger partial charge in [0.15, 0.2) is 0 Å². The largest absolute Gasteiger partial charge is 0.392 e. The van der Waals surface area contributed by atoms with Gasteiger partial charge in [-0.1, -0.05) is 30.4 Å². The van der Waals surface area contributed by atoms with Gasteiger partial charge in [0.25, 0.3) is 0 Å². The predicted octanol–water partition coefficient (Wildman–Crippen LogP) is 3.44. The van der Waals surface area contributed by atoms with Crippen molar-refractivity contribution in [1.82, 2.24) is 0 Å². The Balaban J connectivity index is 1.66. The van der Waals surface area contributed by atoms with Gasteiger partial charge in [-0.3, -0.25) is 0 Å². The van der Waals surface area contributed by atoms with E-state index in [0.29, 0.717) is 5.92 Å². The molecule has 0 aromatic heterocycles. The van der Waals surface area contributed by atoms with Gasteiger partial charge in [-0.2, -0.15) is 0 Å². The molecule has 2 unspecified atom stereocenters. The highest BCUT2D eigenvalue weighted by Crippen LogP contribution is 2.26. The first-order valence-corrected chi connectivity index (χ1v) is 7.26. The highest BCUT2D eigenvalue weighted by atomic mass is 16.3. The highest BCUT2D eigenvalue weighted by molar-refractivity contribution is 5.35. The van der Waals surface area contributed by atoms with E-state index in [-0.39, 0.29) is 6.10 Å². The van der Waals surface area contributed by atoms with Crippen molar-refractivity contribution in [2.45, 2.75) is 51.0 Å². The van der Waals surface area contributed by atoms with E-state index >= 15 is 0 Å². The third-order valence-corrected chi connectivity index (χ3v) is 4.46. The van der Waals surface area contributed by atoms with Crippen LogP contribution < -0.4 is 0 Å². The van der Waals surface area contributed by atoms with Crippen LogP contribution in [0.1, 0.15) is 42.4 Å². The minimum Gasteiger partial charge on any atom is -0.392 e.